The lowest BCUT2D eigenvalue weighted by molar-refractivity contribution is -0.144. The zero-order valence-corrected chi connectivity index (χ0v) is 11.2. The van der Waals surface area contributed by atoms with Crippen molar-refractivity contribution in [3.8, 4) is 0 Å². The summed E-state index contributed by atoms with van der Waals surface area (Å²) in [5.41, 5.74) is 0. The van der Waals surface area contributed by atoms with Gasteiger partial charge in [-0.2, -0.15) is 0 Å². The first-order chi connectivity index (χ1) is 8.61. The predicted molar refractivity (Wildman–Crippen MR) is 69.3 cm³/mol. The van der Waals surface area contributed by atoms with Gasteiger partial charge in [-0.3, -0.25) is 9.59 Å². The van der Waals surface area contributed by atoms with E-state index in [1.165, 1.54) is 24.2 Å². The molecule has 0 aromatic rings. The van der Waals surface area contributed by atoms with E-state index in [2.05, 4.69) is 6.92 Å². The molecule has 0 aliphatic carbocycles. The topological polar surface area (TPSA) is 77.8 Å². The van der Waals surface area contributed by atoms with Crippen LogP contribution in [0.4, 0.5) is 0 Å². The summed E-state index contributed by atoms with van der Waals surface area (Å²) in [5, 5.41) is 17.4. The molecule has 0 rings (SSSR count). The SMILES string of the molecule is CCCCCCCCN(CCO)C(=O)CC(=O)O. The molecule has 0 spiro atoms. The third-order valence-corrected chi connectivity index (χ3v) is 2.81. The summed E-state index contributed by atoms with van der Waals surface area (Å²) in [4.78, 5) is 23.4. The van der Waals surface area contributed by atoms with Crippen LogP contribution in [0.15, 0.2) is 0 Å². The number of aliphatic hydroxyl groups excluding tert-OH is 1. The van der Waals surface area contributed by atoms with Gasteiger partial charge < -0.3 is 15.1 Å². The van der Waals surface area contributed by atoms with Crippen LogP contribution >= 0.6 is 0 Å². The standard InChI is InChI=1S/C13H25NO4/c1-2-3-4-5-6-7-8-14(9-10-15)12(16)11-13(17)18/h15H,2-11H2,1H3,(H,17,18). The van der Waals surface area contributed by atoms with Gasteiger partial charge in [0.2, 0.25) is 5.91 Å². The van der Waals surface area contributed by atoms with E-state index in [-0.39, 0.29) is 13.2 Å². The van der Waals surface area contributed by atoms with E-state index in [1.807, 2.05) is 0 Å². The Kier molecular flexibility index (Phi) is 10.3. The number of amides is 1. The molecule has 0 aliphatic rings. The van der Waals surface area contributed by atoms with E-state index in [1.54, 1.807) is 0 Å². The number of carbonyl (C=O) groups excluding carboxylic acids is 1. The van der Waals surface area contributed by atoms with E-state index in [0.29, 0.717) is 6.54 Å². The number of rotatable bonds is 11. The second kappa shape index (κ2) is 11.0. The summed E-state index contributed by atoms with van der Waals surface area (Å²) < 4.78 is 0. The molecule has 18 heavy (non-hydrogen) atoms. The molecular formula is C13H25NO4. The number of unbranched alkanes of at least 4 members (excludes halogenated alkanes) is 5. The van der Waals surface area contributed by atoms with E-state index in [4.69, 9.17) is 10.2 Å². The first-order valence-corrected chi connectivity index (χ1v) is 6.72. The molecule has 0 fully saturated rings. The van der Waals surface area contributed by atoms with Gasteiger partial charge in [0.1, 0.15) is 6.42 Å². The number of carbonyl (C=O) groups is 2. The van der Waals surface area contributed by atoms with Crippen LogP contribution in [-0.4, -0.2) is 46.7 Å². The number of hydrogen-bond acceptors (Lipinski definition) is 3. The summed E-state index contributed by atoms with van der Waals surface area (Å²) >= 11 is 0. The van der Waals surface area contributed by atoms with Gasteiger partial charge in [0.25, 0.3) is 0 Å². The zero-order chi connectivity index (χ0) is 13.8. The number of hydrogen-bond donors (Lipinski definition) is 2. The second-order valence-corrected chi connectivity index (χ2v) is 4.44. The van der Waals surface area contributed by atoms with Crippen LogP contribution in [0.3, 0.4) is 0 Å². The van der Waals surface area contributed by atoms with E-state index < -0.39 is 18.3 Å². The minimum absolute atomic E-state index is 0.124. The Bertz CT molecular complexity index is 243. The van der Waals surface area contributed by atoms with E-state index in [0.717, 1.165) is 19.3 Å². The zero-order valence-electron chi connectivity index (χ0n) is 11.2. The Labute approximate surface area is 109 Å². The van der Waals surface area contributed by atoms with Crippen LogP contribution in [-0.2, 0) is 9.59 Å². The van der Waals surface area contributed by atoms with E-state index >= 15 is 0 Å². The van der Waals surface area contributed by atoms with E-state index in [9.17, 15) is 9.59 Å². The number of carboxylic acid groups (broad SMARTS) is 1. The highest BCUT2D eigenvalue weighted by molar-refractivity contribution is 5.93. The average Bonchev–Trinajstić information content (AvgIpc) is 2.31. The summed E-state index contributed by atoms with van der Waals surface area (Å²) in [6, 6.07) is 0. The Morgan fingerprint density at radius 2 is 1.61 bits per heavy atom. The normalized spacial score (nSPS) is 10.3. The number of nitrogens with zero attached hydrogens (tertiary/aromatic N) is 1. The van der Waals surface area contributed by atoms with Crippen LogP contribution in [0, 0.1) is 0 Å². The summed E-state index contributed by atoms with van der Waals surface area (Å²) in [6.45, 7) is 2.80. The predicted octanol–water partition coefficient (Wildman–Crippen LogP) is 1.64. The Morgan fingerprint density at radius 3 is 2.17 bits per heavy atom. The quantitative estimate of drug-likeness (QED) is 0.437. The number of aliphatic hydroxyl groups is 1. The largest absolute Gasteiger partial charge is 0.481 e. The third kappa shape index (κ3) is 8.98. The smallest absolute Gasteiger partial charge is 0.312 e. The molecule has 5 nitrogen and oxygen atoms in total. The van der Waals surface area contributed by atoms with Gasteiger partial charge in [0.05, 0.1) is 6.61 Å². The molecule has 0 heterocycles. The lowest BCUT2D eigenvalue weighted by Gasteiger charge is -2.20. The van der Waals surface area contributed by atoms with Crippen molar-refractivity contribution in [3.05, 3.63) is 0 Å². The molecule has 2 N–H and O–H groups in total. The Balaban J connectivity index is 3.82. The molecule has 0 bridgehead atoms. The molecule has 0 saturated carbocycles. The molecular weight excluding hydrogens is 234 g/mol. The van der Waals surface area contributed by atoms with Crippen molar-refractivity contribution in [1.29, 1.82) is 0 Å². The van der Waals surface area contributed by atoms with Crippen molar-refractivity contribution >= 4 is 11.9 Å². The average molecular weight is 259 g/mol. The first kappa shape index (κ1) is 16.9. The van der Waals surface area contributed by atoms with Crippen molar-refractivity contribution in [2.75, 3.05) is 19.7 Å². The summed E-state index contributed by atoms with van der Waals surface area (Å²) in [7, 11) is 0. The van der Waals surface area contributed by atoms with Gasteiger partial charge in [-0.15, -0.1) is 0 Å². The first-order valence-electron chi connectivity index (χ1n) is 6.72. The maximum Gasteiger partial charge on any atom is 0.312 e. The van der Waals surface area contributed by atoms with Crippen LogP contribution in [0.2, 0.25) is 0 Å². The lowest BCUT2D eigenvalue weighted by atomic mass is 10.1. The maximum atomic E-state index is 11.5. The molecule has 0 atom stereocenters. The number of aliphatic carboxylic acids is 1. The molecule has 1 amide bonds. The van der Waals surface area contributed by atoms with Crippen LogP contribution < -0.4 is 0 Å². The van der Waals surface area contributed by atoms with Gasteiger partial charge >= 0.3 is 5.97 Å². The van der Waals surface area contributed by atoms with Crippen molar-refractivity contribution in [1.82, 2.24) is 4.90 Å². The van der Waals surface area contributed by atoms with Crippen molar-refractivity contribution < 1.29 is 19.8 Å². The lowest BCUT2D eigenvalue weighted by Crippen LogP contribution is -2.35. The number of carboxylic acids is 1. The highest BCUT2D eigenvalue weighted by Crippen LogP contribution is 2.06. The highest BCUT2D eigenvalue weighted by atomic mass is 16.4. The minimum Gasteiger partial charge on any atom is -0.481 e. The van der Waals surface area contributed by atoms with Crippen molar-refractivity contribution in [3.63, 3.8) is 0 Å². The minimum atomic E-state index is -1.12. The fourth-order valence-electron chi connectivity index (χ4n) is 1.81. The molecule has 0 saturated heterocycles. The highest BCUT2D eigenvalue weighted by Gasteiger charge is 2.15. The molecule has 0 aliphatic heterocycles. The van der Waals surface area contributed by atoms with Crippen molar-refractivity contribution in [2.24, 2.45) is 0 Å². The Hall–Kier alpha value is -1.10. The fourth-order valence-corrected chi connectivity index (χ4v) is 1.81. The van der Waals surface area contributed by atoms with Gasteiger partial charge in [-0.1, -0.05) is 39.0 Å². The van der Waals surface area contributed by atoms with Gasteiger partial charge in [-0.25, -0.2) is 0 Å². The Morgan fingerprint density at radius 1 is 1.00 bits per heavy atom. The second-order valence-electron chi connectivity index (χ2n) is 4.44. The van der Waals surface area contributed by atoms with Crippen molar-refractivity contribution in [2.45, 2.75) is 51.9 Å². The summed E-state index contributed by atoms with van der Waals surface area (Å²) in [6.07, 6.45) is 6.22. The summed E-state index contributed by atoms with van der Waals surface area (Å²) in [5.74, 6) is -1.53. The molecule has 5 heteroatoms. The van der Waals surface area contributed by atoms with Gasteiger partial charge in [-0.05, 0) is 6.42 Å². The third-order valence-electron chi connectivity index (χ3n) is 2.81. The molecule has 0 aromatic heterocycles. The molecule has 0 aromatic carbocycles. The maximum absolute atomic E-state index is 11.5. The monoisotopic (exact) mass is 259 g/mol. The van der Waals surface area contributed by atoms with Crippen LogP contribution in [0.25, 0.3) is 0 Å². The van der Waals surface area contributed by atoms with Crippen LogP contribution in [0.1, 0.15) is 51.9 Å². The fraction of sp³-hybridized carbons (Fsp3) is 0.846. The van der Waals surface area contributed by atoms with Gasteiger partial charge in [0.15, 0.2) is 0 Å². The molecule has 106 valence electrons. The van der Waals surface area contributed by atoms with Gasteiger partial charge in [0, 0.05) is 13.1 Å². The van der Waals surface area contributed by atoms with Crippen LogP contribution in [0.5, 0.6) is 0 Å². The molecule has 0 unspecified atom stereocenters. The molecule has 0 radical (unpaired) electrons.